The first-order chi connectivity index (χ1) is 15.5. The van der Waals surface area contributed by atoms with Crippen molar-refractivity contribution < 1.29 is 4.79 Å². The SMILES string of the molecule is Cc1cccc(N[C@H](c2ccccc2)c2c(NC(=O)c3ccccc3)sc(C)c2C)c1C. The van der Waals surface area contributed by atoms with Crippen molar-refractivity contribution in [2.24, 2.45) is 0 Å². The second kappa shape index (κ2) is 9.41. The quantitative estimate of drug-likeness (QED) is 0.327. The predicted molar refractivity (Wildman–Crippen MR) is 136 cm³/mol. The molecule has 0 fully saturated rings. The molecule has 4 heteroatoms. The zero-order valence-electron chi connectivity index (χ0n) is 18.9. The monoisotopic (exact) mass is 440 g/mol. The van der Waals surface area contributed by atoms with Crippen molar-refractivity contribution in [1.82, 2.24) is 0 Å². The third-order valence-electron chi connectivity index (χ3n) is 6.02. The number of anilines is 2. The summed E-state index contributed by atoms with van der Waals surface area (Å²) in [6.45, 7) is 8.52. The summed E-state index contributed by atoms with van der Waals surface area (Å²) in [4.78, 5) is 14.2. The highest BCUT2D eigenvalue weighted by Gasteiger charge is 2.25. The van der Waals surface area contributed by atoms with Gasteiger partial charge in [-0.1, -0.05) is 60.7 Å². The molecule has 3 nitrogen and oxygen atoms in total. The van der Waals surface area contributed by atoms with E-state index in [9.17, 15) is 4.79 Å². The van der Waals surface area contributed by atoms with Gasteiger partial charge in [-0.3, -0.25) is 4.79 Å². The van der Waals surface area contributed by atoms with E-state index in [1.807, 2.05) is 36.4 Å². The van der Waals surface area contributed by atoms with Gasteiger partial charge in [0.2, 0.25) is 0 Å². The largest absolute Gasteiger partial charge is 0.374 e. The summed E-state index contributed by atoms with van der Waals surface area (Å²) in [5.41, 5.74) is 7.70. The van der Waals surface area contributed by atoms with Crippen LogP contribution >= 0.6 is 11.3 Å². The Morgan fingerprint density at radius 3 is 2.12 bits per heavy atom. The first-order valence-electron chi connectivity index (χ1n) is 10.8. The van der Waals surface area contributed by atoms with Gasteiger partial charge < -0.3 is 10.6 Å². The molecule has 1 atom stereocenters. The van der Waals surface area contributed by atoms with Crippen LogP contribution in [-0.4, -0.2) is 5.91 Å². The van der Waals surface area contributed by atoms with Crippen LogP contribution in [0, 0.1) is 27.7 Å². The molecule has 1 amide bonds. The summed E-state index contributed by atoms with van der Waals surface area (Å²) >= 11 is 1.63. The van der Waals surface area contributed by atoms with E-state index in [1.165, 1.54) is 21.6 Å². The number of hydrogen-bond donors (Lipinski definition) is 2. The fourth-order valence-corrected chi connectivity index (χ4v) is 4.97. The van der Waals surface area contributed by atoms with Crippen LogP contribution in [0.2, 0.25) is 0 Å². The van der Waals surface area contributed by atoms with E-state index in [1.54, 1.807) is 11.3 Å². The maximum absolute atomic E-state index is 13.0. The fourth-order valence-electron chi connectivity index (χ4n) is 3.88. The topological polar surface area (TPSA) is 41.1 Å². The Morgan fingerprint density at radius 1 is 0.781 bits per heavy atom. The number of thiophene rings is 1. The molecule has 0 aliphatic heterocycles. The number of carbonyl (C=O) groups is 1. The molecule has 0 unspecified atom stereocenters. The zero-order valence-corrected chi connectivity index (χ0v) is 19.7. The Bertz CT molecular complexity index is 1230. The molecule has 0 saturated carbocycles. The van der Waals surface area contributed by atoms with E-state index in [0.717, 1.165) is 21.8 Å². The minimum absolute atomic E-state index is 0.0901. The van der Waals surface area contributed by atoms with Crippen molar-refractivity contribution >= 4 is 27.9 Å². The van der Waals surface area contributed by atoms with Crippen molar-refractivity contribution in [3.63, 3.8) is 0 Å². The number of nitrogens with one attached hydrogen (secondary N) is 2. The number of hydrogen-bond acceptors (Lipinski definition) is 3. The van der Waals surface area contributed by atoms with Gasteiger partial charge in [0, 0.05) is 21.7 Å². The minimum Gasteiger partial charge on any atom is -0.374 e. The molecule has 0 aliphatic carbocycles. The Balaban J connectivity index is 1.79. The van der Waals surface area contributed by atoms with Gasteiger partial charge in [0.25, 0.3) is 5.91 Å². The molecule has 0 saturated heterocycles. The summed E-state index contributed by atoms with van der Waals surface area (Å²) in [5.74, 6) is -0.0911. The van der Waals surface area contributed by atoms with Crippen LogP contribution in [0.4, 0.5) is 10.7 Å². The Morgan fingerprint density at radius 2 is 1.44 bits per heavy atom. The van der Waals surface area contributed by atoms with Gasteiger partial charge in [0.05, 0.1) is 6.04 Å². The highest BCUT2D eigenvalue weighted by Crippen LogP contribution is 2.41. The molecule has 0 aliphatic rings. The molecule has 3 aromatic carbocycles. The molecule has 0 bridgehead atoms. The van der Waals surface area contributed by atoms with Crippen LogP contribution in [0.15, 0.2) is 78.9 Å². The van der Waals surface area contributed by atoms with Crippen molar-refractivity contribution in [1.29, 1.82) is 0 Å². The third-order valence-corrected chi connectivity index (χ3v) is 7.16. The molecule has 162 valence electrons. The van der Waals surface area contributed by atoms with Gasteiger partial charge in [0.1, 0.15) is 5.00 Å². The average molecular weight is 441 g/mol. The molecule has 0 radical (unpaired) electrons. The maximum Gasteiger partial charge on any atom is 0.256 e. The molecular formula is C28H28N2OS. The lowest BCUT2D eigenvalue weighted by molar-refractivity contribution is 0.102. The van der Waals surface area contributed by atoms with Crippen LogP contribution < -0.4 is 10.6 Å². The number of amides is 1. The van der Waals surface area contributed by atoms with Gasteiger partial charge in [-0.25, -0.2) is 0 Å². The third kappa shape index (κ3) is 4.46. The summed E-state index contributed by atoms with van der Waals surface area (Å²) in [7, 11) is 0. The molecule has 4 rings (SSSR count). The second-order valence-corrected chi connectivity index (χ2v) is 9.31. The molecule has 0 spiro atoms. The smallest absolute Gasteiger partial charge is 0.256 e. The highest BCUT2D eigenvalue weighted by atomic mass is 32.1. The van der Waals surface area contributed by atoms with E-state index < -0.39 is 0 Å². The van der Waals surface area contributed by atoms with Crippen molar-refractivity contribution in [3.8, 4) is 0 Å². The minimum atomic E-state index is -0.0911. The van der Waals surface area contributed by atoms with E-state index in [0.29, 0.717) is 5.56 Å². The number of aryl methyl sites for hydroxylation is 2. The van der Waals surface area contributed by atoms with Crippen molar-refractivity contribution in [2.45, 2.75) is 33.7 Å². The number of rotatable bonds is 6. The Kier molecular flexibility index (Phi) is 6.42. The van der Waals surface area contributed by atoms with Crippen LogP contribution in [0.5, 0.6) is 0 Å². The molecular weight excluding hydrogens is 412 g/mol. The number of benzene rings is 3. The van der Waals surface area contributed by atoms with E-state index in [-0.39, 0.29) is 11.9 Å². The predicted octanol–water partition coefficient (Wildman–Crippen LogP) is 7.44. The van der Waals surface area contributed by atoms with Crippen molar-refractivity contribution in [3.05, 3.63) is 117 Å². The molecule has 1 heterocycles. The van der Waals surface area contributed by atoms with E-state index in [4.69, 9.17) is 0 Å². The summed E-state index contributed by atoms with van der Waals surface area (Å²) in [6.07, 6.45) is 0. The fraction of sp³-hybridized carbons (Fsp3) is 0.179. The van der Waals surface area contributed by atoms with E-state index >= 15 is 0 Å². The Hall–Kier alpha value is -3.37. The molecule has 1 aromatic heterocycles. The van der Waals surface area contributed by atoms with Crippen LogP contribution in [0.1, 0.15) is 49.1 Å². The maximum atomic E-state index is 13.0. The first-order valence-corrected chi connectivity index (χ1v) is 11.6. The summed E-state index contributed by atoms with van der Waals surface area (Å²) < 4.78 is 0. The summed E-state index contributed by atoms with van der Waals surface area (Å²) in [6, 6.07) is 26.0. The average Bonchev–Trinajstić information content (AvgIpc) is 3.08. The van der Waals surface area contributed by atoms with Gasteiger partial charge in [-0.2, -0.15) is 0 Å². The van der Waals surface area contributed by atoms with Crippen LogP contribution in [0.3, 0.4) is 0 Å². The normalized spacial score (nSPS) is 11.8. The zero-order chi connectivity index (χ0) is 22.7. The second-order valence-electron chi connectivity index (χ2n) is 8.08. The lowest BCUT2D eigenvalue weighted by Gasteiger charge is -2.24. The molecule has 2 N–H and O–H groups in total. The lowest BCUT2D eigenvalue weighted by atomic mass is 9.95. The lowest BCUT2D eigenvalue weighted by Crippen LogP contribution is -2.18. The van der Waals surface area contributed by atoms with Gasteiger partial charge in [0.15, 0.2) is 0 Å². The molecule has 32 heavy (non-hydrogen) atoms. The molecule has 4 aromatic rings. The number of carbonyl (C=O) groups excluding carboxylic acids is 1. The van der Waals surface area contributed by atoms with E-state index in [2.05, 4.69) is 80.8 Å². The van der Waals surface area contributed by atoms with Gasteiger partial charge in [-0.15, -0.1) is 11.3 Å². The first kappa shape index (κ1) is 21.8. The highest BCUT2D eigenvalue weighted by molar-refractivity contribution is 7.16. The van der Waals surface area contributed by atoms with Crippen LogP contribution in [-0.2, 0) is 0 Å². The standard InChI is InChI=1S/C28H28N2OS/c1-18-12-11-17-24(19(18)2)29-26(22-13-7-5-8-14-22)25-20(3)21(4)32-28(25)30-27(31)23-15-9-6-10-16-23/h5-17,26,29H,1-4H3,(H,30,31)/t26-/m1/s1. The van der Waals surface area contributed by atoms with Crippen molar-refractivity contribution in [2.75, 3.05) is 10.6 Å². The summed E-state index contributed by atoms with van der Waals surface area (Å²) in [5, 5.41) is 7.86. The Labute approximate surface area is 194 Å². The van der Waals surface area contributed by atoms with Gasteiger partial charge >= 0.3 is 0 Å². The van der Waals surface area contributed by atoms with Gasteiger partial charge in [-0.05, 0) is 68.1 Å². The van der Waals surface area contributed by atoms with Crippen LogP contribution in [0.25, 0.3) is 0 Å².